The fourth-order valence-electron chi connectivity index (χ4n) is 2.42. The van der Waals surface area contributed by atoms with Gasteiger partial charge in [-0.25, -0.2) is 0 Å². The Kier molecular flexibility index (Phi) is 5.04. The molecule has 128 valence electrons. The van der Waals surface area contributed by atoms with Crippen LogP contribution in [-0.4, -0.2) is 18.0 Å². The molecule has 1 heterocycles. The zero-order valence-corrected chi connectivity index (χ0v) is 15.6. The second kappa shape index (κ2) is 7.08. The minimum atomic E-state index is -0.338. The van der Waals surface area contributed by atoms with E-state index < -0.39 is 0 Å². The summed E-state index contributed by atoms with van der Waals surface area (Å²) < 4.78 is 5.22. The van der Waals surface area contributed by atoms with Gasteiger partial charge in [0.15, 0.2) is 0 Å². The monoisotopic (exact) mass is 394 g/mol. The molecule has 0 aliphatic carbocycles. The van der Waals surface area contributed by atoms with Gasteiger partial charge >= 0.3 is 0 Å². The molecule has 3 rings (SSSR count). The molecular weight excluding hydrogens is 383 g/mol. The average Bonchev–Trinajstić information content (AvgIpc) is 2.58. The van der Waals surface area contributed by atoms with Gasteiger partial charge in [0.05, 0.1) is 44.6 Å². The molecule has 0 fully saturated rings. The number of carbonyl (C=O) groups excluding carboxylic acids is 1. The standard InChI is InChI=1S/C18H13Cl3N2O2/c1-9-12(6-10-5-11(25-2)3-4-16(10)22-9)18(24)23-17-8-14(20)13(19)7-15(17)21/h3-8H,1-2H3,(H,23,24). The largest absolute Gasteiger partial charge is 0.497 e. The Morgan fingerprint density at radius 3 is 2.48 bits per heavy atom. The van der Waals surface area contributed by atoms with Crippen molar-refractivity contribution in [2.45, 2.75) is 6.92 Å². The Balaban J connectivity index is 1.99. The highest BCUT2D eigenvalue weighted by molar-refractivity contribution is 6.44. The molecule has 0 bridgehead atoms. The lowest BCUT2D eigenvalue weighted by Crippen LogP contribution is -2.14. The number of methoxy groups -OCH3 is 1. The highest BCUT2D eigenvalue weighted by Gasteiger charge is 2.15. The van der Waals surface area contributed by atoms with Crippen LogP contribution < -0.4 is 10.1 Å². The first-order chi connectivity index (χ1) is 11.9. The molecule has 1 N–H and O–H groups in total. The maximum absolute atomic E-state index is 12.7. The van der Waals surface area contributed by atoms with Crippen LogP contribution in [0.5, 0.6) is 5.75 Å². The van der Waals surface area contributed by atoms with E-state index in [1.165, 1.54) is 12.1 Å². The Bertz CT molecular complexity index is 990. The number of halogens is 3. The maximum atomic E-state index is 12.7. The van der Waals surface area contributed by atoms with Crippen molar-refractivity contribution in [2.24, 2.45) is 0 Å². The lowest BCUT2D eigenvalue weighted by Gasteiger charge is -2.11. The summed E-state index contributed by atoms with van der Waals surface area (Å²) in [6, 6.07) is 10.3. The molecule has 1 aromatic heterocycles. The number of ether oxygens (including phenoxy) is 1. The third-order valence-corrected chi connectivity index (χ3v) is 4.75. The Labute approximate surface area is 159 Å². The number of fused-ring (bicyclic) bond motifs is 1. The van der Waals surface area contributed by atoms with E-state index in [9.17, 15) is 4.79 Å². The van der Waals surface area contributed by atoms with Gasteiger partial charge in [-0.1, -0.05) is 34.8 Å². The number of aryl methyl sites for hydroxylation is 1. The summed E-state index contributed by atoms with van der Waals surface area (Å²) in [6.07, 6.45) is 0. The Hall–Kier alpha value is -2.01. The number of aromatic nitrogens is 1. The smallest absolute Gasteiger partial charge is 0.257 e. The highest BCUT2D eigenvalue weighted by atomic mass is 35.5. The Morgan fingerprint density at radius 2 is 1.76 bits per heavy atom. The number of nitrogens with zero attached hydrogens (tertiary/aromatic N) is 1. The first-order valence-corrected chi connectivity index (χ1v) is 8.43. The first kappa shape index (κ1) is 17.8. The predicted molar refractivity (Wildman–Crippen MR) is 102 cm³/mol. The predicted octanol–water partition coefficient (Wildman–Crippen LogP) is 5.76. The molecular formula is C18H13Cl3N2O2. The molecule has 0 saturated heterocycles. The first-order valence-electron chi connectivity index (χ1n) is 7.30. The van der Waals surface area contributed by atoms with Crippen molar-refractivity contribution in [2.75, 3.05) is 12.4 Å². The second-order valence-corrected chi connectivity index (χ2v) is 6.60. The van der Waals surface area contributed by atoms with Gasteiger partial charge < -0.3 is 10.1 Å². The van der Waals surface area contributed by atoms with Gasteiger partial charge in [0.2, 0.25) is 0 Å². The van der Waals surface area contributed by atoms with Crippen molar-refractivity contribution in [1.29, 1.82) is 0 Å². The van der Waals surface area contributed by atoms with Crippen molar-refractivity contribution in [3.63, 3.8) is 0 Å². The van der Waals surface area contributed by atoms with Crippen LogP contribution in [0.2, 0.25) is 15.1 Å². The van der Waals surface area contributed by atoms with Gasteiger partial charge in [-0.2, -0.15) is 0 Å². The summed E-state index contributed by atoms with van der Waals surface area (Å²) in [6.45, 7) is 1.77. The van der Waals surface area contributed by atoms with E-state index in [0.29, 0.717) is 37.8 Å². The zero-order valence-electron chi connectivity index (χ0n) is 13.4. The number of hydrogen-bond donors (Lipinski definition) is 1. The molecule has 7 heteroatoms. The zero-order chi connectivity index (χ0) is 18.1. The van der Waals surface area contributed by atoms with E-state index >= 15 is 0 Å². The van der Waals surface area contributed by atoms with Crippen LogP contribution >= 0.6 is 34.8 Å². The Morgan fingerprint density at radius 1 is 1.04 bits per heavy atom. The van der Waals surface area contributed by atoms with Gasteiger partial charge in [-0.05, 0) is 43.3 Å². The molecule has 25 heavy (non-hydrogen) atoms. The summed E-state index contributed by atoms with van der Waals surface area (Å²) in [4.78, 5) is 17.1. The highest BCUT2D eigenvalue weighted by Crippen LogP contribution is 2.32. The topological polar surface area (TPSA) is 51.2 Å². The van der Waals surface area contributed by atoms with Crippen LogP contribution in [-0.2, 0) is 0 Å². The van der Waals surface area contributed by atoms with Crippen molar-refractivity contribution >= 4 is 57.3 Å². The number of pyridine rings is 1. The van der Waals surface area contributed by atoms with Gasteiger partial charge in [0.25, 0.3) is 5.91 Å². The van der Waals surface area contributed by atoms with E-state index in [4.69, 9.17) is 39.5 Å². The van der Waals surface area contributed by atoms with E-state index in [1.54, 1.807) is 20.1 Å². The SMILES string of the molecule is COc1ccc2nc(C)c(C(=O)Nc3cc(Cl)c(Cl)cc3Cl)cc2c1. The lowest BCUT2D eigenvalue weighted by molar-refractivity contribution is 0.102. The molecule has 4 nitrogen and oxygen atoms in total. The molecule has 0 unspecified atom stereocenters. The number of benzene rings is 2. The van der Waals surface area contributed by atoms with Crippen molar-refractivity contribution in [1.82, 2.24) is 4.98 Å². The molecule has 0 atom stereocenters. The number of amides is 1. The normalized spacial score (nSPS) is 10.8. The molecule has 0 spiro atoms. The summed E-state index contributed by atoms with van der Waals surface area (Å²) in [5.74, 6) is 0.354. The third kappa shape index (κ3) is 3.66. The number of rotatable bonds is 3. The van der Waals surface area contributed by atoms with E-state index in [2.05, 4.69) is 10.3 Å². The molecule has 1 amide bonds. The van der Waals surface area contributed by atoms with Gasteiger partial charge in [0, 0.05) is 5.39 Å². The molecule has 0 radical (unpaired) electrons. The number of hydrogen-bond acceptors (Lipinski definition) is 3. The maximum Gasteiger partial charge on any atom is 0.257 e. The van der Waals surface area contributed by atoms with Crippen LogP contribution in [0.1, 0.15) is 16.1 Å². The van der Waals surface area contributed by atoms with Crippen LogP contribution in [0, 0.1) is 6.92 Å². The van der Waals surface area contributed by atoms with Crippen LogP contribution in [0.15, 0.2) is 36.4 Å². The molecule has 3 aromatic rings. The summed E-state index contributed by atoms with van der Waals surface area (Å²) in [5, 5.41) is 4.47. The van der Waals surface area contributed by atoms with Crippen LogP contribution in [0.3, 0.4) is 0 Å². The van der Waals surface area contributed by atoms with Crippen LogP contribution in [0.25, 0.3) is 10.9 Å². The van der Waals surface area contributed by atoms with Crippen molar-refractivity contribution in [3.05, 3.63) is 62.7 Å². The molecule has 0 aliphatic heterocycles. The minimum Gasteiger partial charge on any atom is -0.497 e. The van der Waals surface area contributed by atoms with Crippen LogP contribution in [0.4, 0.5) is 5.69 Å². The average molecular weight is 396 g/mol. The van der Waals surface area contributed by atoms with E-state index in [1.807, 2.05) is 18.2 Å². The molecule has 2 aromatic carbocycles. The van der Waals surface area contributed by atoms with E-state index in [-0.39, 0.29) is 5.91 Å². The van der Waals surface area contributed by atoms with Crippen molar-refractivity contribution < 1.29 is 9.53 Å². The van der Waals surface area contributed by atoms with Gasteiger partial charge in [0.1, 0.15) is 5.75 Å². The fraction of sp³-hybridized carbons (Fsp3) is 0.111. The summed E-state index contributed by atoms with van der Waals surface area (Å²) in [7, 11) is 1.59. The second-order valence-electron chi connectivity index (χ2n) is 5.38. The van der Waals surface area contributed by atoms with Gasteiger partial charge in [-0.15, -0.1) is 0 Å². The molecule has 0 aliphatic rings. The minimum absolute atomic E-state index is 0.302. The van der Waals surface area contributed by atoms with E-state index in [0.717, 1.165) is 10.9 Å². The fourth-order valence-corrected chi connectivity index (χ4v) is 3.01. The number of nitrogens with one attached hydrogen (secondary N) is 1. The quantitative estimate of drug-likeness (QED) is 0.573. The number of anilines is 1. The molecule has 0 saturated carbocycles. The number of carbonyl (C=O) groups is 1. The summed E-state index contributed by atoms with van der Waals surface area (Å²) in [5.41, 5.74) is 2.20. The van der Waals surface area contributed by atoms with Crippen molar-refractivity contribution in [3.8, 4) is 5.75 Å². The lowest BCUT2D eigenvalue weighted by atomic mass is 10.1. The summed E-state index contributed by atoms with van der Waals surface area (Å²) >= 11 is 18.0. The third-order valence-electron chi connectivity index (χ3n) is 3.72. The van der Waals surface area contributed by atoms with Gasteiger partial charge in [-0.3, -0.25) is 9.78 Å².